The maximum absolute atomic E-state index is 11.9. The Morgan fingerprint density at radius 2 is 2.14 bits per heavy atom. The lowest BCUT2D eigenvalue weighted by molar-refractivity contribution is 0.349. The van der Waals surface area contributed by atoms with E-state index >= 15 is 0 Å². The van der Waals surface area contributed by atoms with E-state index in [4.69, 9.17) is 5.73 Å². The first-order valence-corrected chi connectivity index (χ1v) is 6.67. The van der Waals surface area contributed by atoms with Crippen molar-refractivity contribution in [2.75, 3.05) is 19.6 Å². The molecule has 1 aliphatic heterocycles. The molecule has 0 aromatic carbocycles. The van der Waals surface area contributed by atoms with Crippen molar-refractivity contribution in [3.63, 3.8) is 0 Å². The van der Waals surface area contributed by atoms with Gasteiger partial charge < -0.3 is 5.73 Å². The highest BCUT2D eigenvalue weighted by Gasteiger charge is 2.45. The molecule has 2 fully saturated rings. The average molecular weight is 218 g/mol. The molecule has 5 heteroatoms. The highest BCUT2D eigenvalue weighted by atomic mass is 32.2. The summed E-state index contributed by atoms with van der Waals surface area (Å²) in [6.07, 6.45) is 2.59. The number of hydrogen-bond acceptors (Lipinski definition) is 3. The van der Waals surface area contributed by atoms with Crippen LogP contribution in [0.4, 0.5) is 0 Å². The molecule has 1 atom stereocenters. The van der Waals surface area contributed by atoms with Gasteiger partial charge in [0.05, 0.1) is 5.25 Å². The molecule has 4 nitrogen and oxygen atoms in total. The zero-order valence-electron chi connectivity index (χ0n) is 8.57. The minimum atomic E-state index is -2.97. The molecule has 1 saturated carbocycles. The Morgan fingerprint density at radius 1 is 1.50 bits per heavy atom. The Kier molecular flexibility index (Phi) is 2.36. The molecule has 0 radical (unpaired) electrons. The third-order valence-corrected chi connectivity index (χ3v) is 5.67. The van der Waals surface area contributed by atoms with Gasteiger partial charge in [0.2, 0.25) is 10.0 Å². The van der Waals surface area contributed by atoms with Crippen molar-refractivity contribution < 1.29 is 8.42 Å². The fourth-order valence-electron chi connectivity index (χ4n) is 1.94. The molecular formula is C9H18N2O2S. The van der Waals surface area contributed by atoms with Gasteiger partial charge in [-0.15, -0.1) is 0 Å². The van der Waals surface area contributed by atoms with Crippen molar-refractivity contribution in [3.05, 3.63) is 0 Å². The molecule has 0 spiro atoms. The van der Waals surface area contributed by atoms with Crippen LogP contribution in [0, 0.1) is 5.41 Å². The van der Waals surface area contributed by atoms with Crippen molar-refractivity contribution >= 4 is 10.0 Å². The van der Waals surface area contributed by atoms with E-state index in [0.29, 0.717) is 19.6 Å². The molecule has 0 aromatic rings. The van der Waals surface area contributed by atoms with Gasteiger partial charge in [-0.1, -0.05) is 6.92 Å². The summed E-state index contributed by atoms with van der Waals surface area (Å²) in [5.74, 6) is 0. The smallest absolute Gasteiger partial charge is 0.217 e. The van der Waals surface area contributed by atoms with Gasteiger partial charge in [0.25, 0.3) is 0 Å². The van der Waals surface area contributed by atoms with Crippen LogP contribution in [0.5, 0.6) is 0 Å². The predicted molar refractivity (Wildman–Crippen MR) is 55.3 cm³/mol. The Balaban J connectivity index is 2.08. The van der Waals surface area contributed by atoms with Crippen LogP contribution in [0.15, 0.2) is 0 Å². The Hall–Kier alpha value is -0.130. The van der Waals surface area contributed by atoms with Gasteiger partial charge in [-0.3, -0.25) is 0 Å². The van der Waals surface area contributed by atoms with Crippen LogP contribution in [0.2, 0.25) is 0 Å². The highest BCUT2D eigenvalue weighted by molar-refractivity contribution is 7.90. The molecule has 0 bridgehead atoms. The lowest BCUT2D eigenvalue weighted by Gasteiger charge is -2.22. The van der Waals surface area contributed by atoms with E-state index in [1.807, 2.05) is 0 Å². The molecule has 1 aliphatic carbocycles. The third kappa shape index (κ3) is 1.68. The second-order valence-corrected chi connectivity index (χ2v) is 7.06. The van der Waals surface area contributed by atoms with E-state index in [9.17, 15) is 8.42 Å². The molecule has 2 N–H and O–H groups in total. The average Bonchev–Trinajstić information content (AvgIpc) is 2.91. The Bertz CT molecular complexity index is 324. The normalized spacial score (nSPS) is 35.0. The van der Waals surface area contributed by atoms with Gasteiger partial charge in [0.15, 0.2) is 0 Å². The molecule has 0 amide bonds. The summed E-state index contributed by atoms with van der Waals surface area (Å²) >= 11 is 0. The summed E-state index contributed by atoms with van der Waals surface area (Å²) in [5, 5.41) is -0.0809. The summed E-state index contributed by atoms with van der Waals surface area (Å²) in [6, 6.07) is 0. The van der Waals surface area contributed by atoms with E-state index in [2.05, 4.69) is 6.92 Å². The van der Waals surface area contributed by atoms with Crippen LogP contribution in [-0.4, -0.2) is 37.6 Å². The maximum atomic E-state index is 11.9. The van der Waals surface area contributed by atoms with Gasteiger partial charge in [-0.2, -0.15) is 0 Å². The summed E-state index contributed by atoms with van der Waals surface area (Å²) in [6.45, 7) is 3.91. The van der Waals surface area contributed by atoms with Gasteiger partial charge in [0, 0.05) is 13.1 Å². The third-order valence-electron chi connectivity index (χ3n) is 3.32. The topological polar surface area (TPSA) is 63.4 Å². The summed E-state index contributed by atoms with van der Waals surface area (Å²) in [5.41, 5.74) is 5.65. The molecule has 14 heavy (non-hydrogen) atoms. The second kappa shape index (κ2) is 3.18. The quantitative estimate of drug-likeness (QED) is 0.733. The summed E-state index contributed by atoms with van der Waals surface area (Å²) in [4.78, 5) is 0. The fraction of sp³-hybridized carbons (Fsp3) is 1.00. The molecule has 82 valence electrons. The van der Waals surface area contributed by atoms with Crippen LogP contribution in [0.1, 0.15) is 26.2 Å². The van der Waals surface area contributed by atoms with Gasteiger partial charge in [-0.25, -0.2) is 12.7 Å². The first-order chi connectivity index (χ1) is 6.48. The zero-order chi connectivity index (χ0) is 10.4. The lowest BCUT2D eigenvalue weighted by atomic mass is 9.90. The van der Waals surface area contributed by atoms with Crippen molar-refractivity contribution in [1.29, 1.82) is 0 Å². The fourth-order valence-corrected chi connectivity index (χ4v) is 3.93. The number of rotatable bonds is 3. The number of sulfonamides is 1. The predicted octanol–water partition coefficient (Wildman–Crippen LogP) is 0.149. The van der Waals surface area contributed by atoms with E-state index in [1.165, 1.54) is 0 Å². The highest BCUT2D eigenvalue weighted by Crippen LogP contribution is 2.37. The maximum Gasteiger partial charge on any atom is 0.217 e. The minimum absolute atomic E-state index is 0.00194. The number of nitrogens with zero attached hydrogens (tertiary/aromatic N) is 1. The first kappa shape index (κ1) is 10.4. The monoisotopic (exact) mass is 218 g/mol. The van der Waals surface area contributed by atoms with Crippen molar-refractivity contribution in [3.8, 4) is 0 Å². The van der Waals surface area contributed by atoms with Crippen LogP contribution in [0.25, 0.3) is 0 Å². The van der Waals surface area contributed by atoms with E-state index in [1.54, 1.807) is 4.31 Å². The van der Waals surface area contributed by atoms with Crippen LogP contribution >= 0.6 is 0 Å². The standard InChI is InChI=1S/C9H18N2O2S/c1-9(6-10)4-5-11(7-9)14(12,13)8-2-3-8/h8H,2-7,10H2,1H3. The van der Waals surface area contributed by atoms with Gasteiger partial charge in [-0.05, 0) is 31.2 Å². The zero-order valence-corrected chi connectivity index (χ0v) is 9.39. The summed E-state index contributed by atoms with van der Waals surface area (Å²) in [7, 11) is -2.97. The first-order valence-electron chi connectivity index (χ1n) is 5.17. The van der Waals surface area contributed by atoms with Gasteiger partial charge >= 0.3 is 0 Å². The van der Waals surface area contributed by atoms with Crippen LogP contribution in [0.3, 0.4) is 0 Å². The van der Waals surface area contributed by atoms with E-state index in [0.717, 1.165) is 19.3 Å². The summed E-state index contributed by atoms with van der Waals surface area (Å²) < 4.78 is 25.4. The molecule has 1 saturated heterocycles. The Labute approximate surface area is 85.5 Å². The number of hydrogen-bond donors (Lipinski definition) is 1. The molecule has 0 aromatic heterocycles. The SMILES string of the molecule is CC1(CN)CCN(S(=O)(=O)C2CC2)C1. The lowest BCUT2D eigenvalue weighted by Crippen LogP contribution is -2.36. The van der Waals surface area contributed by atoms with Crippen LogP contribution < -0.4 is 5.73 Å². The Morgan fingerprint density at radius 3 is 2.57 bits per heavy atom. The molecule has 1 unspecified atom stereocenters. The molecule has 1 heterocycles. The second-order valence-electron chi connectivity index (χ2n) is 4.84. The van der Waals surface area contributed by atoms with Gasteiger partial charge in [0.1, 0.15) is 0 Å². The van der Waals surface area contributed by atoms with Crippen molar-refractivity contribution in [2.24, 2.45) is 11.1 Å². The van der Waals surface area contributed by atoms with E-state index in [-0.39, 0.29) is 10.7 Å². The molecule has 2 aliphatic rings. The van der Waals surface area contributed by atoms with Crippen molar-refractivity contribution in [2.45, 2.75) is 31.4 Å². The van der Waals surface area contributed by atoms with E-state index < -0.39 is 10.0 Å². The number of nitrogens with two attached hydrogens (primary N) is 1. The molecule has 2 rings (SSSR count). The van der Waals surface area contributed by atoms with Crippen molar-refractivity contribution in [1.82, 2.24) is 4.31 Å². The minimum Gasteiger partial charge on any atom is -0.330 e. The molecular weight excluding hydrogens is 200 g/mol. The van der Waals surface area contributed by atoms with Crippen LogP contribution in [-0.2, 0) is 10.0 Å². The largest absolute Gasteiger partial charge is 0.330 e.